The minimum absolute atomic E-state index is 0.0104. The summed E-state index contributed by atoms with van der Waals surface area (Å²) in [7, 11) is 7.82. The first-order chi connectivity index (χ1) is 66.6. The summed E-state index contributed by atoms with van der Waals surface area (Å²) < 4.78 is 55.0. The minimum Gasteiger partial charge on any atom is -0.506 e. The third-order valence-electron chi connectivity index (χ3n) is 22.7. The summed E-state index contributed by atoms with van der Waals surface area (Å²) >= 11 is 11.2. The summed E-state index contributed by atoms with van der Waals surface area (Å²) in [6, 6.07) is 5.63. The number of amides is 3. The summed E-state index contributed by atoms with van der Waals surface area (Å²) in [5.41, 5.74) is 31.3. The molecular weight excluding hydrogens is 1950 g/mol. The molecule has 12 atom stereocenters. The van der Waals surface area contributed by atoms with Crippen molar-refractivity contribution in [2.45, 2.75) is 193 Å². The van der Waals surface area contributed by atoms with E-state index in [1.807, 2.05) is 90.2 Å². The molecule has 0 saturated carbocycles. The second-order valence-electron chi connectivity index (χ2n) is 34.8. The van der Waals surface area contributed by atoms with Gasteiger partial charge in [-0.25, -0.2) is 24.7 Å². The number of aliphatic hydroxyl groups is 2. The number of carbonyl (C=O) groups excluding carboxylic acids is 5. The van der Waals surface area contributed by atoms with E-state index >= 15 is 0 Å². The smallest absolute Gasteiger partial charge is 0.405 e. The number of aromatic nitrogens is 9. The number of imidazole rings is 2. The van der Waals surface area contributed by atoms with Crippen LogP contribution in [0.15, 0.2) is 171 Å². The zero-order valence-corrected chi connectivity index (χ0v) is 87.1. The van der Waals surface area contributed by atoms with E-state index < -0.39 is 91.8 Å². The molecule has 4 bridgehead atoms. The number of nitrogens with zero attached hydrogens (tertiary/aromatic N) is 10. The fourth-order valence-corrected chi connectivity index (χ4v) is 17.3. The van der Waals surface area contributed by atoms with Crippen molar-refractivity contribution in [1.82, 2.24) is 64.9 Å². The summed E-state index contributed by atoms with van der Waals surface area (Å²) in [6.45, 7) is 33.8. The zero-order chi connectivity index (χ0) is 105. The van der Waals surface area contributed by atoms with Crippen LogP contribution in [0.25, 0.3) is 22.3 Å². The molecule has 5 aromatic heterocycles. The lowest BCUT2D eigenvalue weighted by molar-refractivity contribution is -0.120. The fourth-order valence-electron chi connectivity index (χ4n) is 15.6. The molecule has 2 aromatic carbocycles. The maximum Gasteiger partial charge on any atom is 0.405 e. The van der Waals surface area contributed by atoms with Crippen molar-refractivity contribution in [2.24, 2.45) is 35.1 Å². The molecule has 141 heavy (non-hydrogen) atoms. The number of primary amides is 1. The van der Waals surface area contributed by atoms with Gasteiger partial charge in [-0.15, -0.1) is 6.58 Å². The van der Waals surface area contributed by atoms with Crippen molar-refractivity contribution < 1.29 is 102 Å². The molecular formula is C97H136BrClN19O21PS. The van der Waals surface area contributed by atoms with Crippen molar-refractivity contribution in [3.63, 3.8) is 0 Å². The van der Waals surface area contributed by atoms with Crippen LogP contribution in [0.2, 0.25) is 5.15 Å². The molecule has 44 heteroatoms. The first kappa shape index (κ1) is 116. The van der Waals surface area contributed by atoms with Gasteiger partial charge >= 0.3 is 6.09 Å². The highest BCUT2D eigenvalue weighted by molar-refractivity contribution is 9.10. The Morgan fingerprint density at radius 3 is 1.91 bits per heavy atom. The van der Waals surface area contributed by atoms with Gasteiger partial charge in [-0.05, 0) is 158 Å². The number of hydrogen-bond donors (Lipinski definition) is 16. The number of fused-ring (bicyclic) bond motifs is 7. The number of anilines is 4. The Kier molecular flexibility index (Phi) is 45.5. The highest BCUT2D eigenvalue weighted by atomic mass is 79.9. The number of carbonyl (C=O) groups is 5. The molecule has 0 radical (unpaired) electrons. The highest BCUT2D eigenvalue weighted by Crippen LogP contribution is 2.46. The van der Waals surface area contributed by atoms with Gasteiger partial charge in [-0.2, -0.15) is 9.97 Å². The van der Waals surface area contributed by atoms with Crippen LogP contribution in [0.4, 0.5) is 27.9 Å². The number of halogens is 2. The van der Waals surface area contributed by atoms with E-state index in [9.17, 15) is 44.4 Å². The molecule has 770 valence electrons. The third kappa shape index (κ3) is 34.1. The zero-order valence-electron chi connectivity index (χ0n) is 83.1. The molecule has 3 aliphatic heterocycles. The van der Waals surface area contributed by atoms with Crippen LogP contribution >= 0.6 is 46.9 Å². The lowest BCUT2D eigenvalue weighted by Gasteiger charge is -2.30. The van der Waals surface area contributed by atoms with Crippen molar-refractivity contribution in [1.29, 1.82) is 0 Å². The van der Waals surface area contributed by atoms with Crippen LogP contribution in [0, 0.1) is 37.5 Å². The number of nitrogen functional groups attached to an aromatic ring is 2. The van der Waals surface area contributed by atoms with Gasteiger partial charge in [-0.3, -0.25) is 24.2 Å². The largest absolute Gasteiger partial charge is 0.506 e. The Labute approximate surface area is 839 Å². The van der Waals surface area contributed by atoms with E-state index in [1.54, 1.807) is 90.0 Å². The van der Waals surface area contributed by atoms with Crippen molar-refractivity contribution in [3.8, 4) is 28.7 Å². The third-order valence-corrected chi connectivity index (χ3v) is 25.0. The van der Waals surface area contributed by atoms with E-state index in [0.29, 0.717) is 96.4 Å². The number of phenols is 2. The molecule has 8 heterocycles. The molecule has 3 amide bonds. The predicted octanol–water partition coefficient (Wildman–Crippen LogP) is 11.1. The fraction of sp³-hybridized carbons (Fsp3) is 0.454. The predicted molar refractivity (Wildman–Crippen MR) is 549 cm³/mol. The lowest BCUT2D eigenvalue weighted by Crippen LogP contribution is -2.38. The van der Waals surface area contributed by atoms with Gasteiger partial charge in [0.15, 0.2) is 62.5 Å². The van der Waals surface area contributed by atoms with Crippen molar-refractivity contribution in [3.05, 3.63) is 188 Å². The standard InChI is InChI=1S/C32H48N4O8.C32H47N3O7.C18H21BrN6O2S.C14H15ClN6O.CH5O3P/c1-18-14-22-27(34-12-13-36(5)6)24(37)17-23(29(22)39)35-31(40)19(2)10-9-11-25(42-7)30(44-32(33)41)21(4)16-20(3)28(38)26(15-18)43-8;1-9-13-34-28-23-14-18(2)15-27(41-8)29(37)20(4)16-21(5)31(42-22(6)33)26(40-7)12-10-11-19(3)32(39)35-24(30(23)38)17-25(28)36;1-10(2)21-4-3-5-25-17-15(16(20)22-8-23-17)24-18(25)28-14-7-13-12(6-11(14)19)26-9-27-13;1-7-4-17-9(8(2)11(7)22-3)5-21-6-18-10-12(15)19-14(16)20-13(10)21;1-5(2,3)4/h9-11,16-18,20,25-26,28,30,34,38H,12-15H2,1-8H3,(H2,33,41)(H,35,40);9-12,16-18,20,26-27,29,31,34,36-38H,1,6,13-15,33H2,2-5,7-8H3,(H,35,39);6-8,10,21H,3-5,9H2,1-2H3,(H2,20,22,23);4,6H,5H2,1-3H3,(H2,16,19,20);2-4H,1H2/b11-9-,19-10+,21-16+;12-10-,19-11+,21-16+;;;/t18-,20+,25+,26+,28-,30+;18-,20+,26+,27+,29-,31+;;;/m11.../s1. The normalized spacial score (nSPS) is 23.1. The molecule has 40 nitrogen and oxygen atoms in total. The Balaban J connectivity index is 0.000000258. The molecule has 7 aromatic rings. The Morgan fingerprint density at radius 2 is 1.35 bits per heavy atom. The van der Waals surface area contributed by atoms with Gasteiger partial charge in [0.05, 0.1) is 72.9 Å². The van der Waals surface area contributed by atoms with Crippen molar-refractivity contribution >= 4 is 128 Å². The lowest BCUT2D eigenvalue weighted by atomic mass is 9.85. The number of aromatic hydroxyl groups is 2. The number of aliphatic hydroxyl groups excluding tert-OH is 2. The number of allylic oxidation sites excluding steroid dienone is 6. The number of pyridine rings is 1. The highest BCUT2D eigenvalue weighted by Gasteiger charge is 2.36. The number of benzene rings is 2. The average Bonchev–Trinajstić information content (AvgIpc) is 1.76. The summed E-state index contributed by atoms with van der Waals surface area (Å²) in [5.74, 6) is -0.457. The first-order valence-electron chi connectivity index (χ1n) is 45.2. The molecule has 20 N–H and O–H groups in total. The maximum absolute atomic E-state index is 13.7. The summed E-state index contributed by atoms with van der Waals surface area (Å²) in [5, 5.41) is 60.7. The van der Waals surface area contributed by atoms with Crippen LogP contribution in [-0.2, 0) is 67.1 Å². The Bertz CT molecular complexity index is 5870. The monoisotopic (exact) mass is 2080 g/mol. The number of phenolic OH excluding ortho intramolecular Hbond substituents is 2. The van der Waals surface area contributed by atoms with Crippen molar-refractivity contribution in [2.75, 3.05) is 105 Å². The number of hydrogen-bond acceptors (Lipinski definition) is 36. The van der Waals surface area contributed by atoms with Gasteiger partial charge in [0.1, 0.15) is 41.3 Å². The van der Waals surface area contributed by atoms with Gasteiger partial charge in [0.2, 0.25) is 31.9 Å². The average molecular weight is 2080 g/mol. The van der Waals surface area contributed by atoms with Gasteiger partial charge < -0.3 is 141 Å². The number of rotatable bonds is 24. The number of methoxy groups -OCH3 is 5. The van der Waals surface area contributed by atoms with Crippen LogP contribution in [-0.4, -0.2) is 257 Å². The number of nitrogens with two attached hydrogens (primary N) is 4. The molecule has 0 spiro atoms. The molecule has 0 saturated heterocycles. The molecule has 11 rings (SSSR count). The van der Waals surface area contributed by atoms with E-state index in [0.717, 1.165) is 85.4 Å². The number of likely N-dealkylation sites (N-methyl/N-ethyl adjacent to an activating group) is 1. The number of ketones is 2. The van der Waals surface area contributed by atoms with Crippen LogP contribution in [0.1, 0.15) is 117 Å². The van der Waals surface area contributed by atoms with Gasteiger partial charge in [0.25, 0.3) is 11.8 Å². The van der Waals surface area contributed by atoms with Crippen LogP contribution in [0.3, 0.4) is 0 Å². The second-order valence-corrected chi connectivity index (χ2v) is 38.4. The van der Waals surface area contributed by atoms with Gasteiger partial charge in [-0.1, -0.05) is 120 Å². The summed E-state index contributed by atoms with van der Waals surface area (Å²) in [4.78, 5) is 121. The molecule has 0 unspecified atom stereocenters. The van der Waals surface area contributed by atoms with E-state index in [2.05, 4.69) is 110 Å². The Hall–Kier alpha value is -11.6. The first-order valence-corrected chi connectivity index (χ1v) is 49.0. The van der Waals surface area contributed by atoms with E-state index in [4.69, 9.17) is 96.8 Å². The van der Waals surface area contributed by atoms with Crippen LogP contribution < -0.4 is 63.7 Å². The second kappa shape index (κ2) is 55.2. The van der Waals surface area contributed by atoms with E-state index in [1.165, 1.54) is 51.6 Å². The maximum atomic E-state index is 13.7. The number of Topliss-reactive ketones (excluding diaryl/α,β-unsaturated/α-hetero) is 1. The SMILES string of the molecule is C=CCNc1c(O)cc2c(O)c1C[C@@H](C)C[C@H](OC)[C@H](O)[C@@H](C)/C=C(\C)[C@H](OC(=C)N)[C@@H](OC)/C=C\C=C(/C)C(=O)N2.C=P(O)(O)O.CC(C)NCCCn1c(Sc2cc3c(cc2Br)OCO3)nc2c(N)ncnc21.CO[C@H]1/C=C\C=C(/C)C(=O)NC2=CC(=O)C(NCCN(C)C)=C(C[C@@H](C)C[C@H](OC)[C@H](O)[C@@H](C)/C=C(\C)[C@@H]1OC(N)=O)C2=O.COc1c(C)cnc(Cn2cnc3c(Cl)nc(N)nc32)c1C. The minimum atomic E-state index is -3.64. The Morgan fingerprint density at radius 1 is 0.773 bits per heavy atom. The number of aryl methyl sites for hydroxylation is 2. The number of ether oxygens (including phenoxy) is 9. The molecule has 0 fully saturated rings. The van der Waals surface area contributed by atoms with E-state index in [-0.39, 0.29) is 87.7 Å². The van der Waals surface area contributed by atoms with Gasteiger partial charge in [0, 0.05) is 134 Å². The topological polar surface area (TPSA) is 578 Å². The quantitative estimate of drug-likeness (QED) is 0.00390. The molecule has 4 aliphatic rings. The molecule has 1 aliphatic carbocycles. The summed E-state index contributed by atoms with van der Waals surface area (Å²) in [6.07, 6.45) is 18.9. The number of nitrogens with one attached hydrogen (secondary N) is 5. The van der Waals surface area contributed by atoms with Crippen LogP contribution in [0.5, 0.6) is 28.7 Å².